The van der Waals surface area contributed by atoms with E-state index in [1.165, 1.54) is 0 Å². The van der Waals surface area contributed by atoms with E-state index < -0.39 is 0 Å². The highest BCUT2D eigenvalue weighted by Gasteiger charge is 2.27. The van der Waals surface area contributed by atoms with Crippen molar-refractivity contribution in [1.29, 1.82) is 5.26 Å². The van der Waals surface area contributed by atoms with Crippen molar-refractivity contribution in [1.82, 2.24) is 10.3 Å². The van der Waals surface area contributed by atoms with Crippen LogP contribution in [0.2, 0.25) is 0 Å². The number of nitriles is 1. The third kappa shape index (κ3) is 3.94. The van der Waals surface area contributed by atoms with Gasteiger partial charge in [0.05, 0.1) is 11.1 Å². The lowest BCUT2D eigenvalue weighted by molar-refractivity contribution is -0.122. The van der Waals surface area contributed by atoms with Crippen LogP contribution < -0.4 is 16.0 Å². The number of anilines is 1. The first-order valence-corrected chi connectivity index (χ1v) is 9.05. The predicted octanol–water partition coefficient (Wildman–Crippen LogP) is 2.17. The van der Waals surface area contributed by atoms with Gasteiger partial charge in [-0.15, -0.1) is 0 Å². The molecule has 2 aromatic rings. The van der Waals surface area contributed by atoms with E-state index in [9.17, 15) is 10.1 Å². The first-order chi connectivity index (χ1) is 12.5. The summed E-state index contributed by atoms with van der Waals surface area (Å²) in [7, 11) is 0. The van der Waals surface area contributed by atoms with Gasteiger partial charge >= 0.3 is 0 Å². The molecule has 1 saturated heterocycles. The van der Waals surface area contributed by atoms with Crippen molar-refractivity contribution >= 4 is 22.5 Å². The minimum absolute atomic E-state index is 0.00500. The van der Waals surface area contributed by atoms with Crippen molar-refractivity contribution in [2.75, 3.05) is 18.0 Å². The number of piperidine rings is 1. The number of hydrogen-bond acceptors (Lipinski definition) is 5. The Morgan fingerprint density at radius 1 is 1.46 bits per heavy atom. The Morgan fingerprint density at radius 3 is 3.00 bits per heavy atom. The molecular formula is C20H25N5O. The van der Waals surface area contributed by atoms with E-state index in [1.807, 2.05) is 31.2 Å². The highest BCUT2D eigenvalue weighted by atomic mass is 16.1. The van der Waals surface area contributed by atoms with Gasteiger partial charge in [0, 0.05) is 48.9 Å². The summed E-state index contributed by atoms with van der Waals surface area (Å²) in [5.74, 6) is 0.456. The monoisotopic (exact) mass is 351 g/mol. The number of fused-ring (bicyclic) bond motifs is 1. The van der Waals surface area contributed by atoms with E-state index in [2.05, 4.69) is 28.2 Å². The summed E-state index contributed by atoms with van der Waals surface area (Å²) >= 11 is 0. The molecule has 3 rings (SSSR count). The van der Waals surface area contributed by atoms with E-state index in [0.29, 0.717) is 17.9 Å². The summed E-state index contributed by atoms with van der Waals surface area (Å²) in [4.78, 5) is 18.8. The van der Waals surface area contributed by atoms with Crippen molar-refractivity contribution in [3.05, 3.63) is 36.0 Å². The molecule has 26 heavy (non-hydrogen) atoms. The fraction of sp³-hybridized carbons (Fsp3) is 0.450. The molecule has 0 spiro atoms. The Bertz CT molecular complexity index is 842. The maximum Gasteiger partial charge on any atom is 0.221 e. The van der Waals surface area contributed by atoms with Crippen LogP contribution in [0.1, 0.15) is 32.3 Å². The van der Waals surface area contributed by atoms with Gasteiger partial charge < -0.3 is 16.0 Å². The summed E-state index contributed by atoms with van der Waals surface area (Å²) in [6.07, 6.45) is 3.01. The van der Waals surface area contributed by atoms with Crippen LogP contribution in [0.4, 0.5) is 5.69 Å². The van der Waals surface area contributed by atoms with E-state index >= 15 is 0 Å². The zero-order chi connectivity index (χ0) is 18.7. The molecule has 1 aliphatic heterocycles. The van der Waals surface area contributed by atoms with E-state index in [1.54, 1.807) is 6.20 Å². The summed E-state index contributed by atoms with van der Waals surface area (Å²) in [5, 5.41) is 13.4. The van der Waals surface area contributed by atoms with Gasteiger partial charge in [0.25, 0.3) is 0 Å². The van der Waals surface area contributed by atoms with Crippen molar-refractivity contribution in [2.45, 2.75) is 38.8 Å². The van der Waals surface area contributed by atoms with E-state index in [4.69, 9.17) is 5.73 Å². The Morgan fingerprint density at radius 2 is 2.27 bits per heavy atom. The number of benzene rings is 1. The van der Waals surface area contributed by atoms with Crippen LogP contribution >= 0.6 is 0 Å². The van der Waals surface area contributed by atoms with Crippen LogP contribution in [0.25, 0.3) is 10.9 Å². The van der Waals surface area contributed by atoms with Crippen LogP contribution in [0.15, 0.2) is 30.5 Å². The van der Waals surface area contributed by atoms with E-state index in [-0.39, 0.29) is 18.0 Å². The van der Waals surface area contributed by atoms with Crippen molar-refractivity contribution in [3.63, 3.8) is 0 Å². The molecule has 1 aliphatic rings. The maximum atomic E-state index is 12.1. The molecule has 3 N–H and O–H groups in total. The lowest BCUT2D eigenvalue weighted by atomic mass is 9.94. The Kier molecular flexibility index (Phi) is 5.38. The summed E-state index contributed by atoms with van der Waals surface area (Å²) in [6, 6.07) is 9.87. The smallest absolute Gasteiger partial charge is 0.221 e. The van der Waals surface area contributed by atoms with Gasteiger partial charge in [-0.3, -0.25) is 9.78 Å². The standard InChI is InChI=1S/C20H25N5O/c1-13-8-16(24-19(26)9-14(2)22)12-25(11-13)18-6-5-15(10-21)20-17(18)4-3-7-23-20/h3-7,13-14,16H,8-9,11-12,22H2,1-2H3,(H,24,26)/t13-,14?,16+/m0/s1. The third-order valence-electron chi connectivity index (χ3n) is 4.74. The number of amides is 1. The number of carbonyl (C=O) groups is 1. The first-order valence-electron chi connectivity index (χ1n) is 9.05. The quantitative estimate of drug-likeness (QED) is 0.880. The SMILES string of the molecule is CC(N)CC(=O)N[C@@H]1C[C@H](C)CN(c2ccc(C#N)c3ncccc23)C1. The van der Waals surface area contributed by atoms with Gasteiger partial charge in [0.1, 0.15) is 6.07 Å². The molecule has 6 nitrogen and oxygen atoms in total. The Balaban J connectivity index is 1.86. The third-order valence-corrected chi connectivity index (χ3v) is 4.74. The van der Waals surface area contributed by atoms with Gasteiger partial charge in [-0.05, 0) is 43.5 Å². The van der Waals surface area contributed by atoms with Gasteiger partial charge in [-0.2, -0.15) is 5.26 Å². The second-order valence-electron chi connectivity index (χ2n) is 7.34. The highest BCUT2D eigenvalue weighted by Crippen LogP contribution is 2.31. The number of pyridine rings is 1. The van der Waals surface area contributed by atoms with Crippen molar-refractivity contribution in [2.24, 2.45) is 11.7 Å². The number of aromatic nitrogens is 1. The molecular weight excluding hydrogens is 326 g/mol. The maximum absolute atomic E-state index is 12.1. The number of nitrogens with two attached hydrogens (primary N) is 1. The first kappa shape index (κ1) is 18.2. The zero-order valence-electron chi connectivity index (χ0n) is 15.3. The minimum Gasteiger partial charge on any atom is -0.369 e. The molecule has 1 fully saturated rings. The van der Waals surface area contributed by atoms with Crippen LogP contribution in [0.5, 0.6) is 0 Å². The van der Waals surface area contributed by atoms with Crippen LogP contribution in [-0.2, 0) is 4.79 Å². The fourth-order valence-electron chi connectivity index (χ4n) is 3.76. The van der Waals surface area contributed by atoms with Gasteiger partial charge in [0.15, 0.2) is 0 Å². The molecule has 6 heteroatoms. The number of hydrogen-bond donors (Lipinski definition) is 2. The van der Waals surface area contributed by atoms with Gasteiger partial charge in [-0.1, -0.05) is 6.92 Å². The van der Waals surface area contributed by atoms with Crippen molar-refractivity contribution < 1.29 is 4.79 Å². The molecule has 136 valence electrons. The lowest BCUT2D eigenvalue weighted by Crippen LogP contribution is -2.51. The molecule has 0 radical (unpaired) electrons. The minimum atomic E-state index is -0.138. The number of rotatable bonds is 4. The second-order valence-corrected chi connectivity index (χ2v) is 7.34. The second kappa shape index (κ2) is 7.71. The number of nitrogens with one attached hydrogen (secondary N) is 1. The van der Waals surface area contributed by atoms with Crippen molar-refractivity contribution in [3.8, 4) is 6.07 Å². The largest absolute Gasteiger partial charge is 0.369 e. The van der Waals surface area contributed by atoms with Crippen LogP contribution in [-0.4, -0.2) is 36.1 Å². The molecule has 2 heterocycles. The predicted molar refractivity (Wildman–Crippen MR) is 103 cm³/mol. The molecule has 1 aromatic heterocycles. The summed E-state index contributed by atoms with van der Waals surface area (Å²) in [6.45, 7) is 5.69. The fourth-order valence-corrected chi connectivity index (χ4v) is 3.76. The molecule has 0 saturated carbocycles. The molecule has 1 unspecified atom stereocenters. The molecule has 0 bridgehead atoms. The van der Waals surface area contributed by atoms with E-state index in [0.717, 1.165) is 36.1 Å². The highest BCUT2D eigenvalue weighted by molar-refractivity contribution is 5.95. The Labute approximate surface area is 154 Å². The lowest BCUT2D eigenvalue weighted by Gasteiger charge is -2.38. The molecule has 1 aromatic carbocycles. The topological polar surface area (TPSA) is 95.0 Å². The normalized spacial score (nSPS) is 21.2. The van der Waals surface area contributed by atoms with Crippen LogP contribution in [0.3, 0.4) is 0 Å². The van der Waals surface area contributed by atoms with Gasteiger partial charge in [-0.25, -0.2) is 0 Å². The summed E-state index contributed by atoms with van der Waals surface area (Å²) < 4.78 is 0. The average molecular weight is 351 g/mol. The average Bonchev–Trinajstić information content (AvgIpc) is 2.59. The Hall–Kier alpha value is -2.65. The molecule has 1 amide bonds. The molecule has 0 aliphatic carbocycles. The van der Waals surface area contributed by atoms with Gasteiger partial charge in [0.2, 0.25) is 5.91 Å². The summed E-state index contributed by atoms with van der Waals surface area (Å²) in [5.41, 5.74) is 8.09. The number of nitrogens with zero attached hydrogens (tertiary/aromatic N) is 3. The van der Waals surface area contributed by atoms with Crippen LogP contribution in [0, 0.1) is 17.2 Å². The zero-order valence-corrected chi connectivity index (χ0v) is 15.3. The number of carbonyl (C=O) groups excluding carboxylic acids is 1. The molecule has 3 atom stereocenters.